The topological polar surface area (TPSA) is 71.1 Å². The standard InChI is InChI=1S/C18H20O6S/c19-25(20)23-14-17(22-12-16-9-5-2-6-10-16)18(24-25)13-21-11-15-7-3-1-4-8-15/h1-10,17-18H,11-14H2/t17-,18+/m1/s1. The third kappa shape index (κ3) is 5.62. The minimum atomic E-state index is -4.00. The molecule has 134 valence electrons. The molecule has 0 bridgehead atoms. The highest BCUT2D eigenvalue weighted by Crippen LogP contribution is 2.19. The van der Waals surface area contributed by atoms with Crippen molar-refractivity contribution in [3.63, 3.8) is 0 Å². The number of ether oxygens (including phenoxy) is 2. The molecule has 0 aliphatic carbocycles. The Bertz CT molecular complexity index is 748. The van der Waals surface area contributed by atoms with Crippen LogP contribution in [0.15, 0.2) is 60.7 Å². The number of rotatable bonds is 7. The van der Waals surface area contributed by atoms with Crippen molar-refractivity contribution in [1.82, 2.24) is 0 Å². The lowest BCUT2D eigenvalue weighted by atomic mass is 10.2. The van der Waals surface area contributed by atoms with E-state index in [1.165, 1.54) is 0 Å². The fraction of sp³-hybridized carbons (Fsp3) is 0.333. The van der Waals surface area contributed by atoms with Gasteiger partial charge in [0.05, 0.1) is 26.4 Å². The molecule has 0 radical (unpaired) electrons. The van der Waals surface area contributed by atoms with E-state index in [1.54, 1.807) is 0 Å². The van der Waals surface area contributed by atoms with Gasteiger partial charge in [-0.2, -0.15) is 8.42 Å². The normalized spacial score (nSPS) is 22.6. The first-order valence-electron chi connectivity index (χ1n) is 7.97. The van der Waals surface area contributed by atoms with Crippen LogP contribution in [0.5, 0.6) is 0 Å². The van der Waals surface area contributed by atoms with Crippen molar-refractivity contribution in [2.24, 2.45) is 0 Å². The van der Waals surface area contributed by atoms with E-state index in [4.69, 9.17) is 17.8 Å². The Labute approximate surface area is 147 Å². The minimum absolute atomic E-state index is 0.0888. The van der Waals surface area contributed by atoms with Gasteiger partial charge in [-0.25, -0.2) is 8.37 Å². The highest BCUT2D eigenvalue weighted by Gasteiger charge is 2.36. The van der Waals surface area contributed by atoms with Gasteiger partial charge in [0.25, 0.3) is 0 Å². The lowest BCUT2D eigenvalue weighted by Gasteiger charge is -2.30. The Morgan fingerprint density at radius 3 is 2.16 bits per heavy atom. The van der Waals surface area contributed by atoms with Crippen LogP contribution in [0.3, 0.4) is 0 Å². The minimum Gasteiger partial charge on any atom is -0.374 e. The molecule has 0 saturated carbocycles. The molecule has 1 heterocycles. The summed E-state index contributed by atoms with van der Waals surface area (Å²) in [4.78, 5) is 0. The molecular weight excluding hydrogens is 344 g/mol. The van der Waals surface area contributed by atoms with Crippen LogP contribution in [-0.2, 0) is 41.5 Å². The zero-order valence-electron chi connectivity index (χ0n) is 13.6. The van der Waals surface area contributed by atoms with Crippen molar-refractivity contribution in [3.8, 4) is 0 Å². The SMILES string of the molecule is O=S1(=O)OC[C@@H](OCc2ccccc2)[C@H](COCc2ccccc2)O1. The molecule has 1 saturated heterocycles. The molecule has 0 unspecified atom stereocenters. The highest BCUT2D eigenvalue weighted by atomic mass is 32.3. The van der Waals surface area contributed by atoms with Crippen LogP contribution in [-0.4, -0.2) is 33.8 Å². The fourth-order valence-corrected chi connectivity index (χ4v) is 3.27. The lowest BCUT2D eigenvalue weighted by Crippen LogP contribution is -2.45. The summed E-state index contributed by atoms with van der Waals surface area (Å²) < 4.78 is 44.3. The highest BCUT2D eigenvalue weighted by molar-refractivity contribution is 7.81. The maximum absolute atomic E-state index is 11.6. The van der Waals surface area contributed by atoms with Crippen LogP contribution in [0.25, 0.3) is 0 Å². The molecule has 2 aromatic rings. The largest absolute Gasteiger partial charge is 0.400 e. The molecule has 2 atom stereocenters. The third-order valence-electron chi connectivity index (χ3n) is 3.73. The Balaban J connectivity index is 1.56. The molecule has 25 heavy (non-hydrogen) atoms. The Kier molecular flexibility index (Phi) is 6.17. The smallest absolute Gasteiger partial charge is 0.374 e. The van der Waals surface area contributed by atoms with E-state index in [0.29, 0.717) is 13.2 Å². The van der Waals surface area contributed by atoms with E-state index in [-0.39, 0.29) is 13.2 Å². The molecule has 0 spiro atoms. The summed E-state index contributed by atoms with van der Waals surface area (Å²) in [6.07, 6.45) is -1.27. The summed E-state index contributed by atoms with van der Waals surface area (Å²) in [5, 5.41) is 0. The summed E-state index contributed by atoms with van der Waals surface area (Å²) in [7, 11) is -4.00. The van der Waals surface area contributed by atoms with Crippen LogP contribution < -0.4 is 0 Å². The van der Waals surface area contributed by atoms with E-state index < -0.39 is 22.6 Å². The zero-order chi connectivity index (χ0) is 17.5. The number of hydrogen-bond acceptors (Lipinski definition) is 6. The van der Waals surface area contributed by atoms with Crippen molar-refractivity contribution < 1.29 is 26.3 Å². The van der Waals surface area contributed by atoms with Gasteiger partial charge in [-0.05, 0) is 11.1 Å². The van der Waals surface area contributed by atoms with Crippen LogP contribution in [0.2, 0.25) is 0 Å². The fourth-order valence-electron chi connectivity index (χ4n) is 2.43. The Hall–Kier alpha value is -1.77. The summed E-state index contributed by atoms with van der Waals surface area (Å²) >= 11 is 0. The Morgan fingerprint density at radius 2 is 1.52 bits per heavy atom. The first-order valence-corrected chi connectivity index (χ1v) is 9.30. The molecular formula is C18H20O6S. The maximum atomic E-state index is 11.6. The molecule has 2 aromatic carbocycles. The molecule has 1 aliphatic heterocycles. The van der Waals surface area contributed by atoms with E-state index >= 15 is 0 Å². The van der Waals surface area contributed by atoms with Gasteiger partial charge in [-0.3, -0.25) is 0 Å². The molecule has 0 amide bonds. The van der Waals surface area contributed by atoms with Crippen LogP contribution in [0, 0.1) is 0 Å². The van der Waals surface area contributed by atoms with E-state index in [9.17, 15) is 8.42 Å². The molecule has 1 fully saturated rings. The van der Waals surface area contributed by atoms with Gasteiger partial charge in [0.15, 0.2) is 0 Å². The average molecular weight is 364 g/mol. The second-order valence-electron chi connectivity index (χ2n) is 5.66. The van der Waals surface area contributed by atoms with Crippen LogP contribution in [0.4, 0.5) is 0 Å². The number of benzene rings is 2. The molecule has 0 aromatic heterocycles. The van der Waals surface area contributed by atoms with E-state index in [0.717, 1.165) is 11.1 Å². The lowest BCUT2D eigenvalue weighted by molar-refractivity contribution is -0.107. The first-order chi connectivity index (χ1) is 12.1. The number of hydrogen-bond donors (Lipinski definition) is 0. The van der Waals surface area contributed by atoms with Crippen molar-refractivity contribution in [1.29, 1.82) is 0 Å². The van der Waals surface area contributed by atoms with Gasteiger partial charge in [-0.15, -0.1) is 0 Å². The first kappa shape index (κ1) is 18.0. The summed E-state index contributed by atoms with van der Waals surface area (Å²) in [6, 6.07) is 19.2. The van der Waals surface area contributed by atoms with E-state index in [2.05, 4.69) is 0 Å². The van der Waals surface area contributed by atoms with Gasteiger partial charge in [0.1, 0.15) is 12.2 Å². The molecule has 3 rings (SSSR count). The molecule has 1 aliphatic rings. The van der Waals surface area contributed by atoms with Crippen molar-refractivity contribution >= 4 is 10.4 Å². The molecule has 7 heteroatoms. The van der Waals surface area contributed by atoms with Gasteiger partial charge in [0.2, 0.25) is 0 Å². The van der Waals surface area contributed by atoms with E-state index in [1.807, 2.05) is 60.7 Å². The van der Waals surface area contributed by atoms with Gasteiger partial charge < -0.3 is 9.47 Å². The zero-order valence-corrected chi connectivity index (χ0v) is 14.4. The molecule has 6 nitrogen and oxygen atoms in total. The predicted molar refractivity (Wildman–Crippen MR) is 90.9 cm³/mol. The second-order valence-corrected chi connectivity index (χ2v) is 6.91. The third-order valence-corrected chi connectivity index (χ3v) is 4.64. The quantitative estimate of drug-likeness (QED) is 0.752. The van der Waals surface area contributed by atoms with Crippen molar-refractivity contribution in [3.05, 3.63) is 71.8 Å². The molecule has 0 N–H and O–H groups in total. The van der Waals surface area contributed by atoms with Gasteiger partial charge in [0, 0.05) is 0 Å². The maximum Gasteiger partial charge on any atom is 0.400 e. The van der Waals surface area contributed by atoms with Crippen LogP contribution in [0.1, 0.15) is 11.1 Å². The predicted octanol–water partition coefficient (Wildman–Crippen LogP) is 2.45. The van der Waals surface area contributed by atoms with Crippen molar-refractivity contribution in [2.45, 2.75) is 25.4 Å². The van der Waals surface area contributed by atoms with Gasteiger partial charge >= 0.3 is 10.4 Å². The van der Waals surface area contributed by atoms with Gasteiger partial charge in [-0.1, -0.05) is 60.7 Å². The summed E-state index contributed by atoms with van der Waals surface area (Å²) in [5.74, 6) is 0. The van der Waals surface area contributed by atoms with Crippen molar-refractivity contribution in [2.75, 3.05) is 13.2 Å². The Morgan fingerprint density at radius 1 is 0.920 bits per heavy atom. The van der Waals surface area contributed by atoms with Crippen LogP contribution >= 0.6 is 0 Å². The summed E-state index contributed by atoms with van der Waals surface area (Å²) in [6.45, 7) is 0.714. The second kappa shape index (κ2) is 8.55. The average Bonchev–Trinajstić information content (AvgIpc) is 2.62. The summed E-state index contributed by atoms with van der Waals surface area (Å²) in [5.41, 5.74) is 1.99. The monoisotopic (exact) mass is 364 g/mol.